The van der Waals surface area contributed by atoms with Crippen LogP contribution in [-0.2, 0) is 11.2 Å². The maximum atomic E-state index is 13.0. The molecule has 1 aromatic carbocycles. The Bertz CT molecular complexity index is 395. The Morgan fingerprint density at radius 1 is 1.44 bits per heavy atom. The Balaban J connectivity index is 2.66. The zero-order valence-corrected chi connectivity index (χ0v) is 12.4. The van der Waals surface area contributed by atoms with Crippen LogP contribution in [-0.4, -0.2) is 28.7 Å². The zero-order valence-electron chi connectivity index (χ0n) is 10.8. The van der Waals surface area contributed by atoms with Crippen LogP contribution in [0.4, 0.5) is 4.39 Å². The minimum atomic E-state index is -0.295. The van der Waals surface area contributed by atoms with Gasteiger partial charge in [-0.15, -0.1) is 0 Å². The number of halogens is 2. The maximum absolute atomic E-state index is 13.0. The van der Waals surface area contributed by atoms with Gasteiger partial charge in [0.25, 0.3) is 0 Å². The number of carbonyl (C=O) groups excluding carboxylic acids is 1. The number of carbonyl (C=O) groups is 1. The molecule has 0 spiro atoms. The largest absolute Gasteiger partial charge is 0.340 e. The average molecular weight is 316 g/mol. The summed E-state index contributed by atoms with van der Waals surface area (Å²) in [5.74, 6) is -0.242. The number of rotatable bonds is 6. The lowest BCUT2D eigenvalue weighted by atomic mass is 10.1. The number of alkyl halides is 1. The molecule has 4 heteroatoms. The first-order chi connectivity index (χ1) is 8.54. The van der Waals surface area contributed by atoms with Gasteiger partial charge in [0.2, 0.25) is 5.91 Å². The molecule has 0 bridgehead atoms. The van der Waals surface area contributed by atoms with E-state index in [1.165, 1.54) is 12.1 Å². The number of hydrogen-bond donors (Lipinski definition) is 0. The van der Waals surface area contributed by atoms with Crippen LogP contribution in [0.5, 0.6) is 0 Å². The summed E-state index contributed by atoms with van der Waals surface area (Å²) in [5.41, 5.74) is 0.726. The van der Waals surface area contributed by atoms with Gasteiger partial charge in [0.05, 0.1) is 6.42 Å². The van der Waals surface area contributed by atoms with Crippen molar-refractivity contribution in [3.05, 3.63) is 35.6 Å². The van der Waals surface area contributed by atoms with Gasteiger partial charge >= 0.3 is 0 Å². The van der Waals surface area contributed by atoms with E-state index in [0.29, 0.717) is 0 Å². The fourth-order valence-electron chi connectivity index (χ4n) is 1.82. The van der Waals surface area contributed by atoms with Crippen molar-refractivity contribution in [3.8, 4) is 0 Å². The first kappa shape index (κ1) is 15.2. The smallest absolute Gasteiger partial charge is 0.227 e. The van der Waals surface area contributed by atoms with Gasteiger partial charge in [-0.25, -0.2) is 4.39 Å². The third-order valence-electron chi connectivity index (χ3n) is 2.72. The molecule has 0 heterocycles. The molecule has 1 rings (SSSR count). The molecule has 100 valence electrons. The molecule has 0 aliphatic heterocycles. The molecule has 0 fully saturated rings. The minimum absolute atomic E-state index is 0.0524. The molecule has 1 aromatic rings. The normalized spacial score (nSPS) is 10.7. The summed E-state index contributed by atoms with van der Waals surface area (Å²) in [6.07, 6.45) is 1.19. The first-order valence-electron chi connectivity index (χ1n) is 6.14. The molecule has 0 saturated heterocycles. The Labute approximate surface area is 116 Å². The number of benzene rings is 1. The van der Waals surface area contributed by atoms with Crippen LogP contribution in [0.15, 0.2) is 24.3 Å². The van der Waals surface area contributed by atoms with Gasteiger partial charge in [-0.2, -0.15) is 0 Å². The summed E-state index contributed by atoms with van der Waals surface area (Å²) in [4.78, 5) is 14.0. The molecule has 0 radical (unpaired) electrons. The summed E-state index contributed by atoms with van der Waals surface area (Å²) < 4.78 is 13.0. The Morgan fingerprint density at radius 2 is 2.17 bits per heavy atom. The van der Waals surface area contributed by atoms with E-state index in [4.69, 9.17) is 0 Å². The Hall–Kier alpha value is -0.900. The molecule has 0 atom stereocenters. The second kappa shape index (κ2) is 7.52. The lowest BCUT2D eigenvalue weighted by Gasteiger charge is -2.26. The van der Waals surface area contributed by atoms with E-state index in [9.17, 15) is 9.18 Å². The van der Waals surface area contributed by atoms with Crippen molar-refractivity contribution in [2.45, 2.75) is 32.7 Å². The fourth-order valence-corrected chi connectivity index (χ4v) is 2.07. The van der Waals surface area contributed by atoms with Crippen LogP contribution in [0.2, 0.25) is 0 Å². The van der Waals surface area contributed by atoms with E-state index in [2.05, 4.69) is 15.9 Å². The van der Waals surface area contributed by atoms with Crippen molar-refractivity contribution >= 4 is 21.8 Å². The van der Waals surface area contributed by atoms with Crippen LogP contribution >= 0.6 is 15.9 Å². The van der Waals surface area contributed by atoms with Crippen molar-refractivity contribution in [1.82, 2.24) is 4.90 Å². The van der Waals surface area contributed by atoms with Gasteiger partial charge in [0.1, 0.15) is 5.82 Å². The van der Waals surface area contributed by atoms with Gasteiger partial charge in [-0.1, -0.05) is 28.1 Å². The van der Waals surface area contributed by atoms with Crippen LogP contribution in [0, 0.1) is 5.82 Å². The van der Waals surface area contributed by atoms with Crippen molar-refractivity contribution in [2.24, 2.45) is 0 Å². The Kier molecular flexibility index (Phi) is 6.33. The van der Waals surface area contributed by atoms with Crippen LogP contribution < -0.4 is 0 Å². The van der Waals surface area contributed by atoms with Gasteiger partial charge in [-0.05, 0) is 38.0 Å². The highest BCUT2D eigenvalue weighted by Gasteiger charge is 2.16. The second-order valence-electron chi connectivity index (χ2n) is 4.53. The molecular formula is C14H19BrFNO. The highest BCUT2D eigenvalue weighted by molar-refractivity contribution is 9.09. The molecule has 18 heavy (non-hydrogen) atoms. The predicted octanol–water partition coefficient (Wildman–Crippen LogP) is 3.39. The number of nitrogens with zero attached hydrogens (tertiary/aromatic N) is 1. The van der Waals surface area contributed by atoms with E-state index in [1.54, 1.807) is 12.1 Å². The van der Waals surface area contributed by atoms with Crippen molar-refractivity contribution < 1.29 is 9.18 Å². The van der Waals surface area contributed by atoms with Gasteiger partial charge < -0.3 is 4.90 Å². The molecule has 0 aromatic heterocycles. The highest BCUT2D eigenvalue weighted by Crippen LogP contribution is 2.09. The van der Waals surface area contributed by atoms with Gasteiger partial charge in [-0.3, -0.25) is 4.79 Å². The van der Waals surface area contributed by atoms with Crippen molar-refractivity contribution in [2.75, 3.05) is 11.9 Å². The lowest BCUT2D eigenvalue weighted by molar-refractivity contribution is -0.132. The van der Waals surface area contributed by atoms with E-state index >= 15 is 0 Å². The topological polar surface area (TPSA) is 20.3 Å². The van der Waals surface area contributed by atoms with E-state index in [1.807, 2.05) is 18.7 Å². The quantitative estimate of drug-likeness (QED) is 0.737. The standard InChI is InChI=1S/C14H19BrFNO/c1-11(2)17(8-4-7-15)14(18)10-12-5-3-6-13(16)9-12/h3,5-6,9,11H,4,7-8,10H2,1-2H3. The molecular weight excluding hydrogens is 297 g/mol. The first-order valence-corrected chi connectivity index (χ1v) is 7.26. The monoisotopic (exact) mass is 315 g/mol. The van der Waals surface area contributed by atoms with E-state index < -0.39 is 0 Å². The van der Waals surface area contributed by atoms with Gasteiger partial charge in [0.15, 0.2) is 0 Å². The molecule has 2 nitrogen and oxygen atoms in total. The van der Waals surface area contributed by atoms with Crippen LogP contribution in [0.3, 0.4) is 0 Å². The average Bonchev–Trinajstić information content (AvgIpc) is 2.29. The SMILES string of the molecule is CC(C)N(CCCBr)C(=O)Cc1cccc(F)c1. The van der Waals surface area contributed by atoms with Crippen molar-refractivity contribution in [3.63, 3.8) is 0 Å². The molecule has 0 unspecified atom stereocenters. The van der Waals surface area contributed by atoms with Crippen LogP contribution in [0.1, 0.15) is 25.8 Å². The zero-order chi connectivity index (χ0) is 13.5. The number of hydrogen-bond acceptors (Lipinski definition) is 1. The predicted molar refractivity (Wildman–Crippen MR) is 75.4 cm³/mol. The molecule has 0 saturated carbocycles. The molecule has 1 amide bonds. The fraction of sp³-hybridized carbons (Fsp3) is 0.500. The van der Waals surface area contributed by atoms with Crippen LogP contribution in [0.25, 0.3) is 0 Å². The maximum Gasteiger partial charge on any atom is 0.227 e. The summed E-state index contributed by atoms with van der Waals surface area (Å²) in [5, 5.41) is 0.878. The molecule has 0 N–H and O–H groups in total. The second-order valence-corrected chi connectivity index (χ2v) is 5.32. The summed E-state index contributed by atoms with van der Waals surface area (Å²) in [6.45, 7) is 4.73. The van der Waals surface area contributed by atoms with E-state index in [-0.39, 0.29) is 24.2 Å². The third kappa shape index (κ3) is 4.77. The third-order valence-corrected chi connectivity index (χ3v) is 3.28. The number of amides is 1. The highest BCUT2D eigenvalue weighted by atomic mass is 79.9. The van der Waals surface area contributed by atoms with Crippen molar-refractivity contribution in [1.29, 1.82) is 0 Å². The van der Waals surface area contributed by atoms with E-state index in [0.717, 1.165) is 23.9 Å². The summed E-state index contributed by atoms with van der Waals surface area (Å²) >= 11 is 3.36. The molecule has 0 aliphatic carbocycles. The lowest BCUT2D eigenvalue weighted by Crippen LogP contribution is -2.38. The van der Waals surface area contributed by atoms with Gasteiger partial charge in [0, 0.05) is 17.9 Å². The summed E-state index contributed by atoms with van der Waals surface area (Å²) in [7, 11) is 0. The Morgan fingerprint density at radius 3 is 2.72 bits per heavy atom. The molecule has 0 aliphatic rings. The summed E-state index contributed by atoms with van der Waals surface area (Å²) in [6, 6.07) is 6.39. The minimum Gasteiger partial charge on any atom is -0.340 e.